The van der Waals surface area contributed by atoms with Gasteiger partial charge >= 0.3 is 5.97 Å². The topological polar surface area (TPSA) is 98.4 Å². The molecule has 0 aliphatic carbocycles. The van der Waals surface area contributed by atoms with Gasteiger partial charge in [-0.25, -0.2) is 4.79 Å². The predicted octanol–water partition coefficient (Wildman–Crippen LogP) is 2.57. The van der Waals surface area contributed by atoms with Crippen molar-refractivity contribution < 1.29 is 22.1 Å². The minimum atomic E-state index is -3.47. The maximum atomic E-state index is 12.4. The first-order chi connectivity index (χ1) is 12.7. The molecule has 1 heterocycles. The van der Waals surface area contributed by atoms with Gasteiger partial charge in [-0.05, 0) is 31.4 Å². The summed E-state index contributed by atoms with van der Waals surface area (Å²) in [5, 5.41) is 9.57. The van der Waals surface area contributed by atoms with E-state index < -0.39 is 16.1 Å². The third-order valence-electron chi connectivity index (χ3n) is 4.20. The third kappa shape index (κ3) is 4.76. The van der Waals surface area contributed by atoms with Crippen LogP contribution in [-0.4, -0.2) is 38.4 Å². The Bertz CT molecular complexity index is 983. The molecule has 144 valence electrons. The summed E-state index contributed by atoms with van der Waals surface area (Å²) < 4.78 is 33.6. The standard InChI is InChI=1S/C19H22N2O5S/c1-5-25-19(22)18-17(16(12-20)13(2)21(18)3)15-8-6-14(7-9-15)10-11-26-27(4,23)24/h6-9H,5,10-11H2,1-4H3. The van der Waals surface area contributed by atoms with Crippen molar-refractivity contribution in [2.45, 2.75) is 20.3 Å². The summed E-state index contributed by atoms with van der Waals surface area (Å²) in [6, 6.07) is 9.41. The second kappa shape index (κ2) is 8.37. The summed E-state index contributed by atoms with van der Waals surface area (Å²) in [6.45, 7) is 3.80. The number of aromatic nitrogens is 1. The number of nitriles is 1. The summed E-state index contributed by atoms with van der Waals surface area (Å²) in [4.78, 5) is 12.4. The van der Waals surface area contributed by atoms with Gasteiger partial charge in [0.25, 0.3) is 10.1 Å². The molecule has 0 saturated carbocycles. The van der Waals surface area contributed by atoms with Gasteiger partial charge in [0.05, 0.1) is 25.0 Å². The fourth-order valence-corrected chi connectivity index (χ4v) is 3.19. The second-order valence-electron chi connectivity index (χ2n) is 6.05. The molecule has 8 heteroatoms. The minimum absolute atomic E-state index is 0.0557. The van der Waals surface area contributed by atoms with Crippen molar-refractivity contribution in [3.63, 3.8) is 0 Å². The molecule has 0 atom stereocenters. The van der Waals surface area contributed by atoms with Gasteiger partial charge in [-0.3, -0.25) is 4.18 Å². The number of ether oxygens (including phenoxy) is 1. The Kier molecular flexibility index (Phi) is 6.41. The van der Waals surface area contributed by atoms with E-state index in [0.29, 0.717) is 34.5 Å². The lowest BCUT2D eigenvalue weighted by atomic mass is 9.99. The smallest absolute Gasteiger partial charge is 0.355 e. The van der Waals surface area contributed by atoms with Crippen LogP contribution < -0.4 is 0 Å². The minimum Gasteiger partial charge on any atom is -0.461 e. The second-order valence-corrected chi connectivity index (χ2v) is 7.69. The van der Waals surface area contributed by atoms with Gasteiger partial charge in [0.15, 0.2) is 0 Å². The van der Waals surface area contributed by atoms with Crippen molar-refractivity contribution in [1.29, 1.82) is 5.26 Å². The zero-order chi connectivity index (χ0) is 20.2. The molecule has 2 aromatic rings. The van der Waals surface area contributed by atoms with Crippen LogP contribution in [0.25, 0.3) is 11.1 Å². The lowest BCUT2D eigenvalue weighted by molar-refractivity contribution is 0.0516. The van der Waals surface area contributed by atoms with Crippen LogP contribution in [0.3, 0.4) is 0 Å². The largest absolute Gasteiger partial charge is 0.461 e. The van der Waals surface area contributed by atoms with E-state index in [1.165, 1.54) is 0 Å². The van der Waals surface area contributed by atoms with E-state index in [2.05, 4.69) is 6.07 Å². The van der Waals surface area contributed by atoms with E-state index in [1.54, 1.807) is 37.6 Å². The molecule has 0 radical (unpaired) electrons. The normalized spacial score (nSPS) is 11.2. The summed E-state index contributed by atoms with van der Waals surface area (Å²) >= 11 is 0. The van der Waals surface area contributed by atoms with Crippen LogP contribution in [0.2, 0.25) is 0 Å². The lowest BCUT2D eigenvalue weighted by Crippen LogP contribution is -2.11. The number of benzene rings is 1. The molecule has 0 amide bonds. The van der Waals surface area contributed by atoms with E-state index in [0.717, 1.165) is 11.8 Å². The van der Waals surface area contributed by atoms with E-state index >= 15 is 0 Å². The molecule has 0 aliphatic rings. The van der Waals surface area contributed by atoms with Crippen molar-refractivity contribution in [1.82, 2.24) is 4.57 Å². The van der Waals surface area contributed by atoms with Crippen LogP contribution in [0.4, 0.5) is 0 Å². The number of esters is 1. The lowest BCUT2D eigenvalue weighted by Gasteiger charge is -2.09. The van der Waals surface area contributed by atoms with Gasteiger partial charge in [-0.1, -0.05) is 24.3 Å². The van der Waals surface area contributed by atoms with Crippen LogP contribution in [-0.2, 0) is 32.5 Å². The first kappa shape index (κ1) is 20.7. The first-order valence-corrected chi connectivity index (χ1v) is 10.2. The Hall–Kier alpha value is -2.63. The molecule has 0 saturated heterocycles. The SMILES string of the molecule is CCOC(=O)c1c(-c2ccc(CCOS(C)(=O)=O)cc2)c(C#N)c(C)n1C. The van der Waals surface area contributed by atoms with E-state index in [-0.39, 0.29) is 13.2 Å². The Morgan fingerprint density at radius 1 is 1.26 bits per heavy atom. The van der Waals surface area contributed by atoms with Crippen LogP contribution in [0, 0.1) is 18.3 Å². The highest BCUT2D eigenvalue weighted by molar-refractivity contribution is 7.85. The fraction of sp³-hybridized carbons (Fsp3) is 0.368. The Morgan fingerprint density at radius 2 is 1.89 bits per heavy atom. The summed E-state index contributed by atoms with van der Waals surface area (Å²) in [7, 11) is -1.74. The number of hydrogen-bond donors (Lipinski definition) is 0. The van der Waals surface area contributed by atoms with Crippen LogP contribution in [0.5, 0.6) is 0 Å². The fourth-order valence-electron chi connectivity index (χ4n) is 2.81. The summed E-state index contributed by atoms with van der Waals surface area (Å²) in [5.74, 6) is -0.481. The summed E-state index contributed by atoms with van der Waals surface area (Å²) in [6.07, 6.45) is 1.44. The molecule has 27 heavy (non-hydrogen) atoms. The van der Waals surface area contributed by atoms with E-state index in [9.17, 15) is 18.5 Å². The van der Waals surface area contributed by atoms with E-state index in [4.69, 9.17) is 8.92 Å². The van der Waals surface area contributed by atoms with Crippen LogP contribution in [0.1, 0.15) is 34.2 Å². The number of carbonyl (C=O) groups is 1. The Labute approximate surface area is 159 Å². The highest BCUT2D eigenvalue weighted by atomic mass is 32.2. The van der Waals surface area contributed by atoms with Crippen molar-refractivity contribution in [3.05, 3.63) is 46.8 Å². The monoisotopic (exact) mass is 390 g/mol. The highest BCUT2D eigenvalue weighted by Crippen LogP contribution is 2.32. The maximum absolute atomic E-state index is 12.4. The van der Waals surface area contributed by atoms with Crippen LogP contribution >= 0.6 is 0 Å². The Morgan fingerprint density at radius 3 is 2.41 bits per heavy atom. The number of hydrogen-bond acceptors (Lipinski definition) is 6. The number of carbonyl (C=O) groups excluding carboxylic acids is 1. The molecule has 0 unspecified atom stereocenters. The van der Waals surface area contributed by atoms with Crippen molar-refractivity contribution in [2.75, 3.05) is 19.5 Å². The molecule has 0 aliphatic heterocycles. The number of rotatable bonds is 7. The molecule has 2 rings (SSSR count). The molecule has 1 aromatic heterocycles. The van der Waals surface area contributed by atoms with Gasteiger partial charge in [0, 0.05) is 18.3 Å². The molecule has 0 bridgehead atoms. The molecular weight excluding hydrogens is 368 g/mol. The quantitative estimate of drug-likeness (QED) is 0.532. The number of nitrogens with zero attached hydrogens (tertiary/aromatic N) is 2. The highest BCUT2D eigenvalue weighted by Gasteiger charge is 2.25. The zero-order valence-corrected chi connectivity index (χ0v) is 16.6. The Balaban J connectivity index is 2.39. The average Bonchev–Trinajstić information content (AvgIpc) is 2.85. The molecule has 0 fully saturated rings. The van der Waals surface area contributed by atoms with Crippen LogP contribution in [0.15, 0.2) is 24.3 Å². The molecule has 0 N–H and O–H groups in total. The summed E-state index contributed by atoms with van der Waals surface area (Å²) in [5.41, 5.74) is 3.57. The van der Waals surface area contributed by atoms with Gasteiger partial charge in [-0.15, -0.1) is 0 Å². The first-order valence-electron chi connectivity index (χ1n) is 8.39. The van der Waals surface area contributed by atoms with Gasteiger partial charge in [-0.2, -0.15) is 13.7 Å². The maximum Gasteiger partial charge on any atom is 0.355 e. The molecule has 0 spiro atoms. The molecule has 1 aromatic carbocycles. The zero-order valence-electron chi connectivity index (χ0n) is 15.8. The van der Waals surface area contributed by atoms with E-state index in [1.807, 2.05) is 12.1 Å². The van der Waals surface area contributed by atoms with Gasteiger partial charge < -0.3 is 9.30 Å². The third-order valence-corrected chi connectivity index (χ3v) is 4.79. The molecular formula is C19H22N2O5S. The van der Waals surface area contributed by atoms with Crippen molar-refractivity contribution >= 4 is 16.1 Å². The average molecular weight is 390 g/mol. The van der Waals surface area contributed by atoms with Crippen molar-refractivity contribution in [3.8, 4) is 17.2 Å². The van der Waals surface area contributed by atoms with Gasteiger partial charge in [0.2, 0.25) is 0 Å². The predicted molar refractivity (Wildman–Crippen MR) is 101 cm³/mol. The molecule has 7 nitrogen and oxygen atoms in total. The van der Waals surface area contributed by atoms with Crippen molar-refractivity contribution in [2.24, 2.45) is 7.05 Å². The van der Waals surface area contributed by atoms with Gasteiger partial charge in [0.1, 0.15) is 11.8 Å².